The maximum atomic E-state index is 13.6. The Bertz CT molecular complexity index is 1010. The van der Waals surface area contributed by atoms with E-state index in [1.165, 1.54) is 12.1 Å². The molecule has 2 atom stereocenters. The lowest BCUT2D eigenvalue weighted by atomic mass is 10.00. The fraction of sp³-hybridized carbons (Fsp3) is 0.240. The van der Waals surface area contributed by atoms with Crippen molar-refractivity contribution >= 4 is 5.91 Å². The summed E-state index contributed by atoms with van der Waals surface area (Å²) in [5.74, 6) is -1.07. The van der Waals surface area contributed by atoms with E-state index in [1.54, 1.807) is 37.4 Å². The fourth-order valence-corrected chi connectivity index (χ4v) is 3.40. The zero-order chi connectivity index (χ0) is 22.9. The molecule has 3 rings (SSSR count). The molecule has 0 aliphatic rings. The molecule has 3 aromatic carbocycles. The van der Waals surface area contributed by atoms with Crippen molar-refractivity contribution in [3.05, 3.63) is 101 Å². The van der Waals surface area contributed by atoms with Gasteiger partial charge < -0.3 is 20.5 Å². The van der Waals surface area contributed by atoms with Gasteiger partial charge in [-0.1, -0.05) is 30.3 Å². The average molecular weight is 440 g/mol. The van der Waals surface area contributed by atoms with E-state index >= 15 is 0 Å². The topological polar surface area (TPSA) is 70.6 Å². The lowest BCUT2D eigenvalue weighted by Crippen LogP contribution is -2.48. The van der Waals surface area contributed by atoms with Crippen LogP contribution in [0, 0.1) is 11.6 Å². The van der Waals surface area contributed by atoms with E-state index in [4.69, 9.17) is 4.74 Å². The van der Waals surface area contributed by atoms with Crippen LogP contribution < -0.4 is 15.4 Å². The van der Waals surface area contributed by atoms with Crippen molar-refractivity contribution in [1.82, 2.24) is 10.6 Å². The molecule has 0 radical (unpaired) electrons. The van der Waals surface area contributed by atoms with Crippen molar-refractivity contribution in [2.75, 3.05) is 13.7 Å². The molecule has 0 spiro atoms. The highest BCUT2D eigenvalue weighted by Gasteiger charge is 2.23. The van der Waals surface area contributed by atoms with E-state index in [0.29, 0.717) is 17.7 Å². The quantitative estimate of drug-likeness (QED) is 0.452. The Labute approximate surface area is 186 Å². The van der Waals surface area contributed by atoms with Crippen LogP contribution in [-0.2, 0) is 13.0 Å². The van der Waals surface area contributed by atoms with Gasteiger partial charge in [0.25, 0.3) is 5.91 Å². The second kappa shape index (κ2) is 11.4. The molecule has 0 heterocycles. The van der Waals surface area contributed by atoms with Gasteiger partial charge in [0.2, 0.25) is 0 Å². The van der Waals surface area contributed by atoms with Crippen molar-refractivity contribution in [2.24, 2.45) is 0 Å². The summed E-state index contributed by atoms with van der Waals surface area (Å²) in [7, 11) is 1.59. The molecule has 0 aliphatic heterocycles. The average Bonchev–Trinajstić information content (AvgIpc) is 2.78. The zero-order valence-corrected chi connectivity index (χ0v) is 17.7. The van der Waals surface area contributed by atoms with Crippen LogP contribution in [0.4, 0.5) is 8.78 Å². The number of aliphatic hydroxyl groups is 1. The fourth-order valence-electron chi connectivity index (χ4n) is 3.40. The summed E-state index contributed by atoms with van der Waals surface area (Å²) >= 11 is 0. The number of rotatable bonds is 10. The predicted molar refractivity (Wildman–Crippen MR) is 118 cm³/mol. The lowest BCUT2D eigenvalue weighted by Gasteiger charge is -2.25. The predicted octanol–water partition coefficient (Wildman–Crippen LogP) is 3.47. The lowest BCUT2D eigenvalue weighted by molar-refractivity contribution is 0.0830. The number of halogens is 2. The maximum absolute atomic E-state index is 13.6. The highest BCUT2D eigenvalue weighted by molar-refractivity contribution is 5.94. The first-order chi connectivity index (χ1) is 15.4. The third kappa shape index (κ3) is 6.87. The van der Waals surface area contributed by atoms with Crippen LogP contribution in [0.15, 0.2) is 72.8 Å². The Morgan fingerprint density at radius 3 is 2.38 bits per heavy atom. The number of hydrogen-bond acceptors (Lipinski definition) is 4. The summed E-state index contributed by atoms with van der Waals surface area (Å²) in [6, 6.07) is 18.5. The molecule has 3 aromatic rings. The van der Waals surface area contributed by atoms with E-state index in [1.807, 2.05) is 24.3 Å². The molecular formula is C25H26F2N2O3. The zero-order valence-electron chi connectivity index (χ0n) is 17.7. The molecule has 0 aromatic heterocycles. The highest BCUT2D eigenvalue weighted by Crippen LogP contribution is 2.14. The van der Waals surface area contributed by atoms with Gasteiger partial charge in [-0.2, -0.15) is 0 Å². The van der Waals surface area contributed by atoms with E-state index in [-0.39, 0.29) is 18.9 Å². The van der Waals surface area contributed by atoms with Gasteiger partial charge >= 0.3 is 0 Å². The van der Waals surface area contributed by atoms with Crippen LogP contribution in [0.1, 0.15) is 21.5 Å². The maximum Gasteiger partial charge on any atom is 0.251 e. The van der Waals surface area contributed by atoms with Crippen LogP contribution in [0.2, 0.25) is 0 Å². The number of carbonyl (C=O) groups is 1. The minimum atomic E-state index is -1.00. The first-order valence-corrected chi connectivity index (χ1v) is 10.3. The molecule has 5 nitrogen and oxygen atoms in total. The Kier molecular flexibility index (Phi) is 8.30. The first kappa shape index (κ1) is 23.4. The van der Waals surface area contributed by atoms with E-state index < -0.39 is 23.8 Å². The molecular weight excluding hydrogens is 414 g/mol. The van der Waals surface area contributed by atoms with E-state index in [0.717, 1.165) is 17.4 Å². The van der Waals surface area contributed by atoms with Gasteiger partial charge in [-0.3, -0.25) is 4.79 Å². The normalized spacial score (nSPS) is 12.8. The Morgan fingerprint density at radius 2 is 1.69 bits per heavy atom. The molecule has 168 valence electrons. The summed E-state index contributed by atoms with van der Waals surface area (Å²) in [5, 5.41) is 16.7. The second-order valence-corrected chi connectivity index (χ2v) is 7.48. The van der Waals surface area contributed by atoms with Crippen LogP contribution >= 0.6 is 0 Å². The number of benzene rings is 3. The molecule has 3 N–H and O–H groups in total. The summed E-state index contributed by atoms with van der Waals surface area (Å²) in [6.07, 6.45) is -0.936. The first-order valence-electron chi connectivity index (χ1n) is 10.3. The number of carbonyl (C=O) groups excluding carboxylic acids is 1. The SMILES string of the molecule is COc1cccc(CNCC(O)C(Cc2cc(F)cc(F)c2)NC(=O)c2ccccc2)c1. The standard InChI is InChI=1S/C25H26F2N2O3/c1-32-22-9-5-6-17(12-22)15-28-16-24(30)23(13-18-10-20(26)14-21(27)11-18)29-25(31)19-7-3-2-4-8-19/h2-12,14,23-24,28,30H,13,15-16H2,1H3,(H,29,31). The van der Waals surface area contributed by atoms with E-state index in [2.05, 4.69) is 10.6 Å². The number of ether oxygens (including phenoxy) is 1. The largest absolute Gasteiger partial charge is 0.497 e. The summed E-state index contributed by atoms with van der Waals surface area (Å²) in [4.78, 5) is 12.6. The Morgan fingerprint density at radius 1 is 0.969 bits per heavy atom. The third-order valence-electron chi connectivity index (χ3n) is 5.01. The van der Waals surface area contributed by atoms with Crippen molar-refractivity contribution in [2.45, 2.75) is 25.1 Å². The minimum absolute atomic E-state index is 0.0647. The Balaban J connectivity index is 1.68. The van der Waals surface area contributed by atoms with Crippen molar-refractivity contribution in [3.8, 4) is 5.75 Å². The second-order valence-electron chi connectivity index (χ2n) is 7.48. The highest BCUT2D eigenvalue weighted by atomic mass is 19.1. The summed E-state index contributed by atoms with van der Waals surface area (Å²) in [5.41, 5.74) is 1.74. The van der Waals surface area contributed by atoms with Crippen LogP contribution in [0.3, 0.4) is 0 Å². The third-order valence-corrected chi connectivity index (χ3v) is 5.01. The number of nitrogens with one attached hydrogen (secondary N) is 2. The number of hydrogen-bond donors (Lipinski definition) is 3. The van der Waals surface area contributed by atoms with Gasteiger partial charge in [0.05, 0.1) is 19.3 Å². The molecule has 0 aliphatic carbocycles. The molecule has 0 fully saturated rings. The Hall–Kier alpha value is -3.29. The summed E-state index contributed by atoms with van der Waals surface area (Å²) in [6.45, 7) is 0.636. The smallest absolute Gasteiger partial charge is 0.251 e. The van der Waals surface area contributed by atoms with Gasteiger partial charge in [0.15, 0.2) is 0 Å². The van der Waals surface area contributed by atoms with Crippen molar-refractivity contribution in [3.63, 3.8) is 0 Å². The summed E-state index contributed by atoms with van der Waals surface area (Å²) < 4.78 is 32.5. The van der Waals surface area contributed by atoms with Crippen LogP contribution in [0.25, 0.3) is 0 Å². The van der Waals surface area contributed by atoms with Gasteiger partial charge in [-0.15, -0.1) is 0 Å². The molecule has 0 bridgehead atoms. The van der Waals surface area contributed by atoms with Crippen LogP contribution in [-0.4, -0.2) is 36.8 Å². The molecule has 1 amide bonds. The minimum Gasteiger partial charge on any atom is -0.497 e. The monoisotopic (exact) mass is 440 g/mol. The molecule has 32 heavy (non-hydrogen) atoms. The van der Waals surface area contributed by atoms with Crippen molar-refractivity contribution < 1.29 is 23.4 Å². The van der Waals surface area contributed by atoms with Gasteiger partial charge in [0, 0.05) is 24.7 Å². The van der Waals surface area contributed by atoms with Gasteiger partial charge in [0.1, 0.15) is 17.4 Å². The molecule has 0 saturated carbocycles. The number of aliphatic hydroxyl groups excluding tert-OH is 1. The van der Waals surface area contributed by atoms with Gasteiger partial charge in [-0.05, 0) is 53.9 Å². The molecule has 7 heteroatoms. The molecule has 0 saturated heterocycles. The van der Waals surface area contributed by atoms with E-state index in [9.17, 15) is 18.7 Å². The number of amides is 1. The van der Waals surface area contributed by atoms with Gasteiger partial charge in [-0.25, -0.2) is 8.78 Å². The number of methoxy groups -OCH3 is 1. The van der Waals surface area contributed by atoms with Crippen molar-refractivity contribution in [1.29, 1.82) is 0 Å². The molecule has 2 unspecified atom stereocenters. The van der Waals surface area contributed by atoms with Crippen LogP contribution in [0.5, 0.6) is 5.75 Å².